The summed E-state index contributed by atoms with van der Waals surface area (Å²) < 4.78 is 2.23. The molecule has 0 radical (unpaired) electrons. The van der Waals surface area contributed by atoms with E-state index in [0.717, 1.165) is 45.3 Å². The zero-order valence-electron chi connectivity index (χ0n) is 25.7. The molecular formula is C38H38ClN3O2. The molecule has 1 N–H and O–H groups in total. The number of hydrogen-bond acceptors (Lipinski definition) is 2. The lowest BCUT2D eigenvalue weighted by Crippen LogP contribution is -2.52. The molecule has 6 heteroatoms. The van der Waals surface area contributed by atoms with Gasteiger partial charge in [0.15, 0.2) is 0 Å². The Morgan fingerprint density at radius 3 is 2.34 bits per heavy atom. The Hall–Kier alpha value is -4.35. The average Bonchev–Trinajstić information content (AvgIpc) is 3.49. The Morgan fingerprint density at radius 2 is 1.61 bits per heavy atom. The van der Waals surface area contributed by atoms with E-state index >= 15 is 0 Å². The number of fused-ring (bicyclic) bond motifs is 2. The van der Waals surface area contributed by atoms with E-state index in [9.17, 15) is 9.59 Å². The number of aromatic nitrogens is 1. The van der Waals surface area contributed by atoms with E-state index < -0.39 is 12.1 Å². The fourth-order valence-electron chi connectivity index (χ4n) is 6.65. The van der Waals surface area contributed by atoms with Crippen LogP contribution in [0.25, 0.3) is 22.2 Å². The van der Waals surface area contributed by atoms with Crippen LogP contribution in [-0.2, 0) is 18.3 Å². The largest absolute Gasteiger partial charge is 0.354 e. The SMILES string of the molecule is CCC(C)C(C(=O)NCCc1ccc(Cl)cc1)N1C(=O)c2ccccc2C1c1c(-c2ccc(C)cc2)n(C)c2ccccc12. The standard InChI is InChI=1S/C38H38ClN3O2/c1-5-25(3)34(37(43)40-23-22-26-16-20-28(39)21-17-26)42-36(29-10-6-7-11-30(29)38(42)44)33-31-12-8-9-13-32(31)41(4)35(33)27-18-14-24(2)15-19-27/h6-21,25,34,36H,5,22-23H2,1-4H3,(H,40,43). The van der Waals surface area contributed by atoms with Gasteiger partial charge in [-0.25, -0.2) is 0 Å². The fourth-order valence-corrected chi connectivity index (χ4v) is 6.77. The number of nitrogens with one attached hydrogen (secondary N) is 1. The topological polar surface area (TPSA) is 54.3 Å². The third-order valence-corrected chi connectivity index (χ3v) is 9.37. The van der Waals surface area contributed by atoms with Gasteiger partial charge in [-0.15, -0.1) is 0 Å². The smallest absolute Gasteiger partial charge is 0.255 e. The highest BCUT2D eigenvalue weighted by molar-refractivity contribution is 6.30. The van der Waals surface area contributed by atoms with Crippen molar-refractivity contribution in [1.29, 1.82) is 0 Å². The number of para-hydroxylation sites is 1. The summed E-state index contributed by atoms with van der Waals surface area (Å²) in [6.07, 6.45) is 1.43. The Bertz CT molecular complexity index is 1820. The molecule has 0 fully saturated rings. The quantitative estimate of drug-likeness (QED) is 0.185. The monoisotopic (exact) mass is 603 g/mol. The Morgan fingerprint density at radius 1 is 0.932 bits per heavy atom. The molecule has 1 aromatic heterocycles. The molecule has 0 saturated carbocycles. The second-order valence-corrected chi connectivity index (χ2v) is 12.3. The maximum Gasteiger partial charge on any atom is 0.255 e. The van der Waals surface area contributed by atoms with Crippen LogP contribution in [0.5, 0.6) is 0 Å². The number of amides is 2. The fraction of sp³-hybridized carbons (Fsp3) is 0.263. The van der Waals surface area contributed by atoms with E-state index in [1.165, 1.54) is 5.56 Å². The van der Waals surface area contributed by atoms with Gasteiger partial charge in [0.25, 0.3) is 5.91 Å². The zero-order chi connectivity index (χ0) is 31.0. The number of rotatable bonds is 9. The maximum absolute atomic E-state index is 14.4. The highest BCUT2D eigenvalue weighted by Crippen LogP contribution is 2.48. The number of aryl methyl sites for hydroxylation is 2. The number of carbonyl (C=O) groups is 2. The lowest BCUT2D eigenvalue weighted by molar-refractivity contribution is -0.127. The van der Waals surface area contributed by atoms with Crippen molar-refractivity contribution in [3.63, 3.8) is 0 Å². The highest BCUT2D eigenvalue weighted by Gasteiger charge is 2.47. The van der Waals surface area contributed by atoms with Crippen molar-refractivity contribution < 1.29 is 9.59 Å². The first-order valence-corrected chi connectivity index (χ1v) is 15.8. The van der Waals surface area contributed by atoms with Gasteiger partial charge >= 0.3 is 0 Å². The molecule has 3 atom stereocenters. The average molecular weight is 604 g/mol. The van der Waals surface area contributed by atoms with Crippen LogP contribution in [0.3, 0.4) is 0 Å². The van der Waals surface area contributed by atoms with Crippen LogP contribution in [0.2, 0.25) is 5.02 Å². The number of benzene rings is 4. The second-order valence-electron chi connectivity index (χ2n) is 11.9. The van der Waals surface area contributed by atoms with E-state index in [0.29, 0.717) is 23.6 Å². The summed E-state index contributed by atoms with van der Waals surface area (Å²) in [6.45, 7) is 6.70. The van der Waals surface area contributed by atoms with Gasteiger partial charge in [-0.1, -0.05) is 110 Å². The van der Waals surface area contributed by atoms with Gasteiger partial charge in [0.1, 0.15) is 6.04 Å². The lowest BCUT2D eigenvalue weighted by atomic mass is 9.90. The van der Waals surface area contributed by atoms with Crippen molar-refractivity contribution in [3.8, 4) is 11.3 Å². The summed E-state index contributed by atoms with van der Waals surface area (Å²) in [5.74, 6) is -0.299. The summed E-state index contributed by atoms with van der Waals surface area (Å²) in [6, 6.07) is 31.3. The van der Waals surface area contributed by atoms with Crippen LogP contribution in [0.15, 0.2) is 97.1 Å². The number of nitrogens with zero attached hydrogens (tertiary/aromatic N) is 2. The van der Waals surface area contributed by atoms with Crippen LogP contribution in [-0.4, -0.2) is 33.9 Å². The van der Waals surface area contributed by atoms with Crippen molar-refractivity contribution in [2.75, 3.05) is 6.54 Å². The van der Waals surface area contributed by atoms with Crippen molar-refractivity contribution >= 4 is 34.3 Å². The molecule has 0 saturated heterocycles. The summed E-state index contributed by atoms with van der Waals surface area (Å²) in [7, 11) is 2.09. The molecule has 1 aliphatic heterocycles. The summed E-state index contributed by atoms with van der Waals surface area (Å²) in [5, 5.41) is 4.95. The molecule has 4 aromatic carbocycles. The van der Waals surface area contributed by atoms with Crippen molar-refractivity contribution in [2.24, 2.45) is 13.0 Å². The molecule has 5 aromatic rings. The molecule has 6 rings (SSSR count). The first-order chi connectivity index (χ1) is 21.3. The molecule has 1 aliphatic rings. The third kappa shape index (κ3) is 5.30. The summed E-state index contributed by atoms with van der Waals surface area (Å²) in [4.78, 5) is 30.5. The van der Waals surface area contributed by atoms with E-state index in [4.69, 9.17) is 11.6 Å². The minimum atomic E-state index is -0.653. The maximum atomic E-state index is 14.4. The lowest BCUT2D eigenvalue weighted by Gasteiger charge is -2.36. The van der Waals surface area contributed by atoms with Crippen molar-refractivity contribution in [2.45, 2.75) is 45.7 Å². The number of hydrogen-bond donors (Lipinski definition) is 1. The molecule has 5 nitrogen and oxygen atoms in total. The van der Waals surface area contributed by atoms with Crippen molar-refractivity contribution in [3.05, 3.63) is 130 Å². The van der Waals surface area contributed by atoms with Gasteiger partial charge < -0.3 is 14.8 Å². The molecule has 3 unspecified atom stereocenters. The van der Waals surface area contributed by atoms with Crippen molar-refractivity contribution in [1.82, 2.24) is 14.8 Å². The zero-order valence-corrected chi connectivity index (χ0v) is 26.4. The normalized spacial score (nSPS) is 15.8. The Labute approximate surface area is 264 Å². The predicted octanol–water partition coefficient (Wildman–Crippen LogP) is 8.13. The number of halogens is 1. The van der Waals surface area contributed by atoms with Gasteiger partial charge in [0.05, 0.1) is 11.7 Å². The molecule has 0 spiro atoms. The minimum absolute atomic E-state index is 0.0657. The first-order valence-electron chi connectivity index (χ1n) is 15.4. The van der Waals surface area contributed by atoms with Crippen LogP contribution >= 0.6 is 11.6 Å². The Balaban J connectivity index is 1.48. The van der Waals surface area contributed by atoms with Gasteiger partial charge in [0.2, 0.25) is 5.91 Å². The van der Waals surface area contributed by atoms with Crippen LogP contribution in [0.4, 0.5) is 0 Å². The first kappa shape index (κ1) is 29.7. The molecule has 0 bridgehead atoms. The van der Waals surface area contributed by atoms with Gasteiger partial charge in [-0.05, 0) is 60.2 Å². The molecule has 0 aliphatic carbocycles. The summed E-state index contributed by atoms with van der Waals surface area (Å²) >= 11 is 6.06. The van der Waals surface area contributed by atoms with Crippen LogP contribution in [0, 0.1) is 12.8 Å². The van der Waals surface area contributed by atoms with Gasteiger partial charge in [-0.2, -0.15) is 0 Å². The predicted molar refractivity (Wildman–Crippen MR) is 179 cm³/mol. The molecular weight excluding hydrogens is 566 g/mol. The molecule has 224 valence electrons. The van der Waals surface area contributed by atoms with E-state index in [2.05, 4.69) is 74.1 Å². The highest BCUT2D eigenvalue weighted by atomic mass is 35.5. The third-order valence-electron chi connectivity index (χ3n) is 9.12. The molecule has 44 heavy (non-hydrogen) atoms. The van der Waals surface area contributed by atoms with E-state index in [1.54, 1.807) is 0 Å². The Kier molecular flexibility index (Phi) is 8.33. The van der Waals surface area contributed by atoms with Gasteiger partial charge in [0, 0.05) is 40.6 Å². The van der Waals surface area contributed by atoms with E-state index in [1.807, 2.05) is 65.6 Å². The van der Waals surface area contributed by atoms with E-state index in [-0.39, 0.29) is 17.7 Å². The van der Waals surface area contributed by atoms with Gasteiger partial charge in [-0.3, -0.25) is 9.59 Å². The minimum Gasteiger partial charge on any atom is -0.354 e. The van der Waals surface area contributed by atoms with Crippen LogP contribution < -0.4 is 5.32 Å². The van der Waals surface area contributed by atoms with Crippen LogP contribution in [0.1, 0.15) is 58.9 Å². The molecule has 2 heterocycles. The number of carbonyl (C=O) groups excluding carboxylic acids is 2. The molecule has 2 amide bonds. The summed E-state index contributed by atoms with van der Waals surface area (Å²) in [5.41, 5.74) is 8.13. The second kappa shape index (κ2) is 12.3.